The van der Waals surface area contributed by atoms with E-state index < -0.39 is 5.91 Å². The van der Waals surface area contributed by atoms with Gasteiger partial charge in [0.25, 0.3) is 11.8 Å². The van der Waals surface area contributed by atoms with Crippen molar-refractivity contribution in [1.29, 1.82) is 0 Å². The molecule has 2 amide bonds. The monoisotopic (exact) mass is 351 g/mol. The van der Waals surface area contributed by atoms with Gasteiger partial charge in [-0.3, -0.25) is 9.59 Å². The van der Waals surface area contributed by atoms with Gasteiger partial charge in [0.1, 0.15) is 5.15 Å². The quantitative estimate of drug-likeness (QED) is 0.823. The smallest absolute Gasteiger partial charge is 0.258 e. The summed E-state index contributed by atoms with van der Waals surface area (Å²) in [5.74, 6) is -0.770. The fourth-order valence-electron chi connectivity index (χ4n) is 1.90. The lowest BCUT2D eigenvalue weighted by molar-refractivity contribution is 0.0944. The maximum absolute atomic E-state index is 12.3. The molecule has 0 aliphatic carbocycles. The molecule has 0 radical (unpaired) electrons. The Bertz CT molecular complexity index is 748. The van der Waals surface area contributed by atoms with Crippen LogP contribution in [-0.2, 0) is 0 Å². The van der Waals surface area contributed by atoms with Crippen molar-refractivity contribution in [2.75, 3.05) is 5.32 Å². The van der Waals surface area contributed by atoms with Gasteiger partial charge in [0.05, 0.1) is 16.8 Å². The van der Waals surface area contributed by atoms with E-state index in [0.717, 1.165) is 0 Å². The van der Waals surface area contributed by atoms with Crippen molar-refractivity contribution in [3.8, 4) is 0 Å². The Morgan fingerprint density at radius 3 is 2.48 bits per heavy atom. The molecule has 0 fully saturated rings. The van der Waals surface area contributed by atoms with Gasteiger partial charge in [-0.15, -0.1) is 0 Å². The van der Waals surface area contributed by atoms with Crippen LogP contribution in [-0.4, -0.2) is 22.8 Å². The van der Waals surface area contributed by atoms with Gasteiger partial charge in [-0.05, 0) is 44.2 Å². The summed E-state index contributed by atoms with van der Waals surface area (Å²) in [5, 5.41) is 5.91. The molecule has 0 aliphatic rings. The third kappa shape index (κ3) is 4.43. The van der Waals surface area contributed by atoms with E-state index in [4.69, 9.17) is 23.2 Å². The van der Waals surface area contributed by atoms with E-state index >= 15 is 0 Å². The molecule has 1 aromatic carbocycles. The Morgan fingerprint density at radius 2 is 1.83 bits per heavy atom. The number of benzene rings is 1. The number of pyridine rings is 1. The van der Waals surface area contributed by atoms with Crippen LogP contribution in [0.2, 0.25) is 10.2 Å². The van der Waals surface area contributed by atoms with Crippen molar-refractivity contribution < 1.29 is 9.59 Å². The Labute approximate surface area is 144 Å². The molecule has 0 aliphatic heterocycles. The molecule has 1 aromatic heterocycles. The maximum Gasteiger partial charge on any atom is 0.258 e. The number of nitrogens with one attached hydrogen (secondary N) is 2. The average molecular weight is 352 g/mol. The van der Waals surface area contributed by atoms with Crippen molar-refractivity contribution in [2.45, 2.75) is 19.9 Å². The first kappa shape index (κ1) is 17.2. The summed E-state index contributed by atoms with van der Waals surface area (Å²) in [6.45, 7) is 3.70. The number of halogens is 2. The number of nitrogens with zero attached hydrogens (tertiary/aromatic N) is 1. The SMILES string of the molecule is CC(C)NC(=O)c1ccc(Cl)cc1NC(=O)c1cccnc1Cl. The number of rotatable bonds is 4. The molecule has 2 N–H and O–H groups in total. The molecule has 120 valence electrons. The van der Waals surface area contributed by atoms with E-state index in [9.17, 15) is 9.59 Å². The van der Waals surface area contributed by atoms with Gasteiger partial charge in [-0.1, -0.05) is 23.2 Å². The number of carbonyl (C=O) groups excluding carboxylic acids is 2. The molecule has 7 heteroatoms. The highest BCUT2D eigenvalue weighted by molar-refractivity contribution is 6.33. The predicted molar refractivity (Wildman–Crippen MR) is 91.3 cm³/mol. The zero-order valence-corrected chi connectivity index (χ0v) is 14.1. The summed E-state index contributed by atoms with van der Waals surface area (Å²) in [6.07, 6.45) is 1.49. The van der Waals surface area contributed by atoms with Crippen molar-refractivity contribution >= 4 is 40.7 Å². The summed E-state index contributed by atoms with van der Waals surface area (Å²) in [7, 11) is 0. The van der Waals surface area contributed by atoms with Crippen LogP contribution in [0.25, 0.3) is 0 Å². The van der Waals surface area contributed by atoms with Crippen LogP contribution in [0, 0.1) is 0 Å². The average Bonchev–Trinajstić information content (AvgIpc) is 2.46. The molecule has 2 aromatic rings. The van der Waals surface area contributed by atoms with E-state index in [0.29, 0.717) is 16.3 Å². The van der Waals surface area contributed by atoms with E-state index in [-0.39, 0.29) is 22.7 Å². The van der Waals surface area contributed by atoms with Crippen molar-refractivity contribution in [3.63, 3.8) is 0 Å². The van der Waals surface area contributed by atoms with Gasteiger partial charge in [0, 0.05) is 17.3 Å². The molecular formula is C16H15Cl2N3O2. The summed E-state index contributed by atoms with van der Waals surface area (Å²) in [5.41, 5.74) is 0.835. The number of carbonyl (C=O) groups is 2. The lowest BCUT2D eigenvalue weighted by Gasteiger charge is -2.14. The summed E-state index contributed by atoms with van der Waals surface area (Å²) < 4.78 is 0. The molecule has 0 atom stereocenters. The van der Waals surface area contributed by atoms with Crippen LogP contribution in [0.3, 0.4) is 0 Å². The topological polar surface area (TPSA) is 71.1 Å². The van der Waals surface area contributed by atoms with Crippen LogP contribution in [0.5, 0.6) is 0 Å². The zero-order valence-electron chi connectivity index (χ0n) is 12.6. The normalized spacial score (nSPS) is 10.5. The number of hydrogen-bond acceptors (Lipinski definition) is 3. The summed E-state index contributed by atoms with van der Waals surface area (Å²) in [4.78, 5) is 28.4. The highest BCUT2D eigenvalue weighted by atomic mass is 35.5. The van der Waals surface area contributed by atoms with Crippen molar-refractivity contribution in [3.05, 3.63) is 57.8 Å². The summed E-state index contributed by atoms with van der Waals surface area (Å²) in [6, 6.07) is 7.77. The third-order valence-corrected chi connectivity index (χ3v) is 3.43. The third-order valence-electron chi connectivity index (χ3n) is 2.90. The first-order valence-electron chi connectivity index (χ1n) is 6.90. The number of hydrogen-bond donors (Lipinski definition) is 2. The fourth-order valence-corrected chi connectivity index (χ4v) is 2.28. The molecular weight excluding hydrogens is 337 g/mol. The lowest BCUT2D eigenvalue weighted by atomic mass is 10.1. The minimum atomic E-state index is -0.469. The molecule has 23 heavy (non-hydrogen) atoms. The van der Waals surface area contributed by atoms with Gasteiger partial charge in [0.15, 0.2) is 0 Å². The van der Waals surface area contributed by atoms with Gasteiger partial charge < -0.3 is 10.6 Å². The van der Waals surface area contributed by atoms with Crippen molar-refractivity contribution in [2.24, 2.45) is 0 Å². The second-order valence-corrected chi connectivity index (χ2v) is 5.91. The van der Waals surface area contributed by atoms with Crippen molar-refractivity contribution in [1.82, 2.24) is 10.3 Å². The minimum absolute atomic E-state index is 0.0329. The molecule has 0 spiro atoms. The van der Waals surface area contributed by atoms with Gasteiger partial charge in [-0.2, -0.15) is 0 Å². The zero-order chi connectivity index (χ0) is 17.0. The standard InChI is InChI=1S/C16H15Cl2N3O2/c1-9(2)20-15(22)11-6-5-10(17)8-13(11)21-16(23)12-4-3-7-19-14(12)18/h3-9H,1-2H3,(H,20,22)(H,21,23). The van der Waals surface area contributed by atoms with E-state index in [1.807, 2.05) is 13.8 Å². The van der Waals surface area contributed by atoms with Crippen LogP contribution >= 0.6 is 23.2 Å². The first-order chi connectivity index (χ1) is 10.9. The Morgan fingerprint density at radius 1 is 1.09 bits per heavy atom. The largest absolute Gasteiger partial charge is 0.350 e. The molecule has 0 bridgehead atoms. The number of anilines is 1. The van der Waals surface area contributed by atoms with Crippen LogP contribution in [0.15, 0.2) is 36.5 Å². The number of aromatic nitrogens is 1. The highest BCUT2D eigenvalue weighted by Crippen LogP contribution is 2.23. The number of amides is 2. The Balaban J connectivity index is 2.32. The second-order valence-electron chi connectivity index (χ2n) is 5.11. The molecule has 0 unspecified atom stereocenters. The predicted octanol–water partition coefficient (Wildman–Crippen LogP) is 3.78. The lowest BCUT2D eigenvalue weighted by Crippen LogP contribution is -2.31. The van der Waals surface area contributed by atoms with Crippen LogP contribution in [0.4, 0.5) is 5.69 Å². The Kier molecular flexibility index (Phi) is 5.58. The molecule has 1 heterocycles. The minimum Gasteiger partial charge on any atom is -0.350 e. The van der Waals surface area contributed by atoms with E-state index in [1.54, 1.807) is 24.3 Å². The molecule has 0 saturated carbocycles. The van der Waals surface area contributed by atoms with Gasteiger partial charge in [0.2, 0.25) is 0 Å². The van der Waals surface area contributed by atoms with E-state index in [1.165, 1.54) is 12.3 Å². The maximum atomic E-state index is 12.3. The molecule has 0 saturated heterocycles. The summed E-state index contributed by atoms with van der Waals surface area (Å²) >= 11 is 11.9. The molecule has 5 nitrogen and oxygen atoms in total. The van der Waals surface area contributed by atoms with E-state index in [2.05, 4.69) is 15.6 Å². The first-order valence-corrected chi connectivity index (χ1v) is 7.66. The van der Waals surface area contributed by atoms with Gasteiger partial charge >= 0.3 is 0 Å². The van der Waals surface area contributed by atoms with Gasteiger partial charge in [-0.25, -0.2) is 4.98 Å². The molecule has 2 rings (SSSR count). The fraction of sp³-hybridized carbons (Fsp3) is 0.188. The second kappa shape index (κ2) is 7.44. The Hall–Kier alpha value is -2.11. The van der Waals surface area contributed by atoms with Crippen LogP contribution in [0.1, 0.15) is 34.6 Å². The van der Waals surface area contributed by atoms with Crippen LogP contribution < -0.4 is 10.6 Å². The highest BCUT2D eigenvalue weighted by Gasteiger charge is 2.17.